The summed E-state index contributed by atoms with van der Waals surface area (Å²) in [6, 6.07) is 3.67. The molecule has 1 aromatic rings. The van der Waals surface area contributed by atoms with Crippen molar-refractivity contribution in [3.63, 3.8) is 0 Å². The first-order valence-corrected chi connectivity index (χ1v) is 7.87. The standard InChI is InChI=1S/C11H14BrFN2O2S/c12-8-3-4-10(13)11(6-8)18(16,17)15-5-1-2-9(15)7-14/h3-4,6,9H,1-2,5,7,14H2/t9-/m0/s1. The topological polar surface area (TPSA) is 63.4 Å². The number of nitrogens with zero attached hydrogens (tertiary/aromatic N) is 1. The van der Waals surface area contributed by atoms with Crippen LogP contribution in [0.1, 0.15) is 12.8 Å². The number of nitrogens with two attached hydrogens (primary N) is 1. The lowest BCUT2D eigenvalue weighted by Crippen LogP contribution is -2.40. The normalized spacial score (nSPS) is 21.4. The van der Waals surface area contributed by atoms with Gasteiger partial charge in [0.15, 0.2) is 0 Å². The number of halogens is 2. The summed E-state index contributed by atoms with van der Waals surface area (Å²) in [5.74, 6) is -0.735. The monoisotopic (exact) mass is 336 g/mol. The molecule has 2 N–H and O–H groups in total. The fourth-order valence-corrected chi connectivity index (χ4v) is 4.47. The Bertz CT molecular complexity index is 550. The molecule has 4 nitrogen and oxygen atoms in total. The summed E-state index contributed by atoms with van der Waals surface area (Å²) in [6.07, 6.45) is 1.49. The Balaban J connectivity index is 2.45. The minimum atomic E-state index is -3.80. The lowest BCUT2D eigenvalue weighted by molar-refractivity contribution is 0.390. The molecule has 1 atom stereocenters. The molecule has 1 fully saturated rings. The molecule has 1 saturated heterocycles. The van der Waals surface area contributed by atoms with Gasteiger partial charge in [0, 0.05) is 23.6 Å². The maximum atomic E-state index is 13.7. The molecule has 0 aromatic heterocycles. The molecule has 100 valence electrons. The highest BCUT2D eigenvalue weighted by atomic mass is 79.9. The first-order valence-electron chi connectivity index (χ1n) is 5.64. The van der Waals surface area contributed by atoms with Crippen LogP contribution >= 0.6 is 15.9 Å². The first kappa shape index (κ1) is 13.9. The summed E-state index contributed by atoms with van der Waals surface area (Å²) in [6.45, 7) is 0.658. The fraction of sp³-hybridized carbons (Fsp3) is 0.455. The number of sulfonamides is 1. The van der Waals surface area contributed by atoms with Crippen molar-refractivity contribution in [2.45, 2.75) is 23.8 Å². The van der Waals surface area contributed by atoms with Gasteiger partial charge in [0.25, 0.3) is 0 Å². The van der Waals surface area contributed by atoms with Gasteiger partial charge >= 0.3 is 0 Å². The number of benzene rings is 1. The van der Waals surface area contributed by atoms with Gasteiger partial charge < -0.3 is 5.73 Å². The van der Waals surface area contributed by atoms with Crippen molar-refractivity contribution in [2.75, 3.05) is 13.1 Å². The quantitative estimate of drug-likeness (QED) is 0.913. The maximum absolute atomic E-state index is 13.7. The van der Waals surface area contributed by atoms with E-state index in [1.807, 2.05) is 0 Å². The molecule has 7 heteroatoms. The Hall–Kier alpha value is -0.500. The van der Waals surface area contributed by atoms with Gasteiger partial charge in [-0.1, -0.05) is 15.9 Å². The first-order chi connectivity index (χ1) is 8.46. The summed E-state index contributed by atoms with van der Waals surface area (Å²) in [5, 5.41) is 0. The van der Waals surface area contributed by atoms with Crippen LogP contribution in [0.3, 0.4) is 0 Å². The van der Waals surface area contributed by atoms with E-state index in [1.54, 1.807) is 0 Å². The van der Waals surface area contributed by atoms with Crippen LogP contribution in [0.4, 0.5) is 4.39 Å². The number of hydrogen-bond donors (Lipinski definition) is 1. The van der Waals surface area contributed by atoms with Crippen LogP contribution in [0.2, 0.25) is 0 Å². The third-order valence-corrected chi connectivity index (χ3v) is 5.54. The van der Waals surface area contributed by atoms with E-state index < -0.39 is 15.8 Å². The molecule has 2 rings (SSSR count). The molecule has 0 amide bonds. The van der Waals surface area contributed by atoms with Crippen LogP contribution in [-0.2, 0) is 10.0 Å². The second-order valence-electron chi connectivity index (χ2n) is 4.22. The van der Waals surface area contributed by atoms with Crippen LogP contribution in [-0.4, -0.2) is 31.9 Å². The van der Waals surface area contributed by atoms with E-state index in [0.29, 0.717) is 11.0 Å². The summed E-state index contributed by atoms with van der Waals surface area (Å²) in [5.41, 5.74) is 5.56. The van der Waals surface area contributed by atoms with Crippen LogP contribution in [0.15, 0.2) is 27.6 Å². The molecule has 1 aliphatic rings. The Labute approximate surface area is 114 Å². The van der Waals surface area contributed by atoms with Gasteiger partial charge in [0.05, 0.1) is 0 Å². The highest BCUT2D eigenvalue weighted by Gasteiger charge is 2.35. The van der Waals surface area contributed by atoms with Gasteiger partial charge in [-0.25, -0.2) is 12.8 Å². The molecule has 1 heterocycles. The molecule has 0 unspecified atom stereocenters. The van der Waals surface area contributed by atoms with Crippen molar-refractivity contribution in [3.8, 4) is 0 Å². The third-order valence-electron chi connectivity index (χ3n) is 3.08. The molecule has 0 bridgehead atoms. The predicted octanol–water partition coefficient (Wildman–Crippen LogP) is 1.70. The van der Waals surface area contributed by atoms with Gasteiger partial charge in [0.2, 0.25) is 10.0 Å². The zero-order valence-electron chi connectivity index (χ0n) is 9.64. The Morgan fingerprint density at radius 1 is 1.50 bits per heavy atom. The number of hydrogen-bond acceptors (Lipinski definition) is 3. The van der Waals surface area contributed by atoms with Crippen LogP contribution in [0.5, 0.6) is 0 Å². The SMILES string of the molecule is NC[C@@H]1CCCN1S(=O)(=O)c1cc(Br)ccc1F. The van der Waals surface area contributed by atoms with E-state index >= 15 is 0 Å². The van der Waals surface area contributed by atoms with Crippen molar-refractivity contribution >= 4 is 26.0 Å². The zero-order chi connectivity index (χ0) is 13.3. The Morgan fingerprint density at radius 3 is 2.89 bits per heavy atom. The molecule has 0 aliphatic carbocycles. The van der Waals surface area contributed by atoms with Crippen LogP contribution in [0, 0.1) is 5.82 Å². The van der Waals surface area contributed by atoms with Gasteiger partial charge in [-0.2, -0.15) is 4.31 Å². The van der Waals surface area contributed by atoms with Gasteiger partial charge in [-0.05, 0) is 31.0 Å². The summed E-state index contributed by atoms with van der Waals surface area (Å²) in [4.78, 5) is -0.294. The minimum absolute atomic E-state index is 0.228. The van der Waals surface area contributed by atoms with Crippen molar-refractivity contribution in [2.24, 2.45) is 5.73 Å². The summed E-state index contributed by atoms with van der Waals surface area (Å²) < 4.78 is 40.3. The summed E-state index contributed by atoms with van der Waals surface area (Å²) in [7, 11) is -3.80. The molecule has 1 aromatic carbocycles. The molecule has 1 aliphatic heterocycles. The van der Waals surface area contributed by atoms with Crippen molar-refractivity contribution in [1.29, 1.82) is 0 Å². The molecule has 0 spiro atoms. The van der Waals surface area contributed by atoms with E-state index in [-0.39, 0.29) is 17.5 Å². The molecular weight excluding hydrogens is 323 g/mol. The van der Waals surface area contributed by atoms with Gasteiger partial charge in [-0.15, -0.1) is 0 Å². The van der Waals surface area contributed by atoms with Crippen molar-refractivity contribution < 1.29 is 12.8 Å². The van der Waals surface area contributed by atoms with Crippen LogP contribution in [0.25, 0.3) is 0 Å². The van der Waals surface area contributed by atoms with E-state index in [9.17, 15) is 12.8 Å². The zero-order valence-corrected chi connectivity index (χ0v) is 12.0. The minimum Gasteiger partial charge on any atom is -0.329 e. The highest BCUT2D eigenvalue weighted by Crippen LogP contribution is 2.28. The molecule has 18 heavy (non-hydrogen) atoms. The molecule has 0 saturated carbocycles. The lowest BCUT2D eigenvalue weighted by Gasteiger charge is -2.23. The maximum Gasteiger partial charge on any atom is 0.246 e. The molecular formula is C11H14BrFN2O2S. The second-order valence-corrected chi connectivity index (χ2v) is 7.00. The van der Waals surface area contributed by atoms with E-state index in [1.165, 1.54) is 16.4 Å². The van der Waals surface area contributed by atoms with E-state index in [0.717, 1.165) is 18.9 Å². The Morgan fingerprint density at radius 2 is 2.22 bits per heavy atom. The van der Waals surface area contributed by atoms with E-state index in [2.05, 4.69) is 15.9 Å². The largest absolute Gasteiger partial charge is 0.329 e. The van der Waals surface area contributed by atoms with Gasteiger partial charge in [0.1, 0.15) is 10.7 Å². The number of rotatable bonds is 3. The average Bonchev–Trinajstić information content (AvgIpc) is 2.81. The predicted molar refractivity (Wildman–Crippen MR) is 70.1 cm³/mol. The smallest absolute Gasteiger partial charge is 0.246 e. The van der Waals surface area contributed by atoms with Gasteiger partial charge in [-0.3, -0.25) is 0 Å². The van der Waals surface area contributed by atoms with Crippen molar-refractivity contribution in [1.82, 2.24) is 4.31 Å². The average molecular weight is 337 g/mol. The highest BCUT2D eigenvalue weighted by molar-refractivity contribution is 9.10. The lowest BCUT2D eigenvalue weighted by atomic mass is 10.2. The van der Waals surface area contributed by atoms with E-state index in [4.69, 9.17) is 5.73 Å². The van der Waals surface area contributed by atoms with Crippen LogP contribution < -0.4 is 5.73 Å². The Kier molecular flexibility index (Phi) is 4.05. The summed E-state index contributed by atoms with van der Waals surface area (Å²) >= 11 is 3.16. The third kappa shape index (κ3) is 2.45. The second kappa shape index (κ2) is 5.24. The molecule has 0 radical (unpaired) electrons. The van der Waals surface area contributed by atoms with Crippen molar-refractivity contribution in [3.05, 3.63) is 28.5 Å². The fourth-order valence-electron chi connectivity index (χ4n) is 2.16.